The van der Waals surface area contributed by atoms with E-state index in [-0.39, 0.29) is 11.2 Å². The quantitative estimate of drug-likeness (QED) is 0.906. The molecule has 6 nitrogen and oxygen atoms in total. The number of nitrogens with two attached hydrogens (primary N) is 1. The van der Waals surface area contributed by atoms with Crippen LogP contribution >= 0.6 is 0 Å². The number of anilines is 1. The Bertz CT molecular complexity index is 629. The highest BCUT2D eigenvalue weighted by atomic mass is 32.2. The lowest BCUT2D eigenvalue weighted by Crippen LogP contribution is -2.45. The maximum atomic E-state index is 12.9. The number of sulfonamides is 1. The monoisotopic (exact) mass is 338 g/mol. The van der Waals surface area contributed by atoms with Crippen molar-refractivity contribution in [3.63, 3.8) is 0 Å². The molecule has 0 amide bonds. The van der Waals surface area contributed by atoms with Crippen LogP contribution in [-0.4, -0.2) is 41.0 Å². The van der Waals surface area contributed by atoms with Crippen molar-refractivity contribution in [3.8, 4) is 0 Å². The van der Waals surface area contributed by atoms with Crippen LogP contribution in [0.2, 0.25) is 0 Å². The van der Waals surface area contributed by atoms with Crippen molar-refractivity contribution >= 4 is 15.8 Å². The molecule has 7 heteroatoms. The molecule has 128 valence electrons. The molecular formula is C16H26N4O2S. The molecule has 1 aliphatic heterocycles. The van der Waals surface area contributed by atoms with Crippen molar-refractivity contribution in [1.82, 2.24) is 14.3 Å². The minimum Gasteiger partial charge on any atom is -0.382 e. The van der Waals surface area contributed by atoms with Crippen LogP contribution in [0.15, 0.2) is 12.4 Å². The minimum absolute atomic E-state index is 0.170. The zero-order valence-electron chi connectivity index (χ0n) is 13.5. The lowest BCUT2D eigenvalue weighted by molar-refractivity contribution is 0.259. The Kier molecular flexibility index (Phi) is 5.16. The molecule has 1 saturated heterocycles. The Morgan fingerprint density at radius 2 is 1.83 bits per heavy atom. The molecule has 2 N–H and O–H groups in total. The highest BCUT2D eigenvalue weighted by Gasteiger charge is 2.35. The Morgan fingerprint density at radius 3 is 2.57 bits per heavy atom. The third kappa shape index (κ3) is 3.83. The standard InChI is InChI=1S/C16H26N4O2S/c17-16-15(18-8-9-19-16)11-13-5-4-10-20(12-13)23(21,22)14-6-2-1-3-7-14/h8-9,13-14H,1-7,10-12H2,(H2,17,19). The van der Waals surface area contributed by atoms with Gasteiger partial charge >= 0.3 is 0 Å². The molecule has 23 heavy (non-hydrogen) atoms. The highest BCUT2D eigenvalue weighted by molar-refractivity contribution is 7.89. The van der Waals surface area contributed by atoms with Gasteiger partial charge in [0.2, 0.25) is 10.0 Å². The normalized spacial score (nSPS) is 24.6. The van der Waals surface area contributed by atoms with Gasteiger partial charge in [-0.1, -0.05) is 19.3 Å². The van der Waals surface area contributed by atoms with Gasteiger partial charge < -0.3 is 5.73 Å². The molecule has 1 atom stereocenters. The summed E-state index contributed by atoms with van der Waals surface area (Å²) in [5, 5.41) is -0.170. The average Bonchev–Trinajstić information content (AvgIpc) is 2.58. The number of hydrogen-bond acceptors (Lipinski definition) is 5. The van der Waals surface area contributed by atoms with Gasteiger partial charge in [0.25, 0.3) is 0 Å². The van der Waals surface area contributed by atoms with E-state index in [0.717, 1.165) is 44.2 Å². The summed E-state index contributed by atoms with van der Waals surface area (Å²) in [7, 11) is -3.15. The molecule has 3 rings (SSSR count). The van der Waals surface area contributed by atoms with E-state index in [1.54, 1.807) is 16.7 Å². The van der Waals surface area contributed by atoms with Crippen LogP contribution in [0.25, 0.3) is 0 Å². The summed E-state index contributed by atoms with van der Waals surface area (Å²) in [5.41, 5.74) is 6.66. The Morgan fingerprint density at radius 1 is 1.09 bits per heavy atom. The molecule has 0 radical (unpaired) electrons. The van der Waals surface area contributed by atoms with Gasteiger partial charge in [-0.3, -0.25) is 4.98 Å². The first-order valence-corrected chi connectivity index (χ1v) is 10.1. The molecule has 1 aliphatic carbocycles. The van der Waals surface area contributed by atoms with E-state index >= 15 is 0 Å². The van der Waals surface area contributed by atoms with Crippen molar-refractivity contribution in [2.75, 3.05) is 18.8 Å². The Balaban J connectivity index is 1.67. The van der Waals surface area contributed by atoms with Gasteiger partial charge in [-0.15, -0.1) is 0 Å². The summed E-state index contributed by atoms with van der Waals surface area (Å²) in [6, 6.07) is 0. The van der Waals surface area contributed by atoms with Crippen LogP contribution in [0, 0.1) is 5.92 Å². The van der Waals surface area contributed by atoms with E-state index in [9.17, 15) is 8.42 Å². The van der Waals surface area contributed by atoms with E-state index in [0.29, 0.717) is 25.3 Å². The summed E-state index contributed by atoms with van der Waals surface area (Å²) in [5.74, 6) is 0.737. The Labute approximate surface area is 138 Å². The first-order chi connectivity index (χ1) is 11.1. The van der Waals surface area contributed by atoms with E-state index in [1.807, 2.05) is 0 Å². The maximum Gasteiger partial charge on any atom is 0.216 e. The van der Waals surface area contributed by atoms with Gasteiger partial charge in [0, 0.05) is 25.5 Å². The predicted molar refractivity (Wildman–Crippen MR) is 90.2 cm³/mol. The van der Waals surface area contributed by atoms with Crippen molar-refractivity contribution < 1.29 is 8.42 Å². The lowest BCUT2D eigenvalue weighted by Gasteiger charge is -2.35. The van der Waals surface area contributed by atoms with E-state index < -0.39 is 10.0 Å². The second-order valence-electron chi connectivity index (χ2n) is 6.76. The van der Waals surface area contributed by atoms with E-state index in [4.69, 9.17) is 5.73 Å². The summed E-state index contributed by atoms with van der Waals surface area (Å²) >= 11 is 0. The second kappa shape index (κ2) is 7.13. The van der Waals surface area contributed by atoms with Crippen LogP contribution < -0.4 is 5.73 Å². The van der Waals surface area contributed by atoms with Crippen LogP contribution in [0.5, 0.6) is 0 Å². The number of aromatic nitrogens is 2. The average molecular weight is 338 g/mol. The van der Waals surface area contributed by atoms with Crippen molar-refractivity contribution in [3.05, 3.63) is 18.1 Å². The molecule has 1 aromatic heterocycles. The van der Waals surface area contributed by atoms with Gasteiger partial charge in [-0.25, -0.2) is 17.7 Å². The maximum absolute atomic E-state index is 12.9. The summed E-state index contributed by atoms with van der Waals surface area (Å²) < 4.78 is 27.5. The van der Waals surface area contributed by atoms with Gasteiger partial charge in [0.05, 0.1) is 10.9 Å². The molecule has 0 aromatic carbocycles. The molecule has 2 aliphatic rings. The fourth-order valence-electron chi connectivity index (χ4n) is 3.81. The Hall–Kier alpha value is -1.21. The molecule has 2 heterocycles. The first-order valence-electron chi connectivity index (χ1n) is 8.61. The zero-order valence-corrected chi connectivity index (χ0v) is 14.3. The fraction of sp³-hybridized carbons (Fsp3) is 0.750. The molecule has 1 unspecified atom stereocenters. The number of nitrogens with zero attached hydrogens (tertiary/aromatic N) is 3. The van der Waals surface area contributed by atoms with Crippen LogP contribution in [-0.2, 0) is 16.4 Å². The smallest absolute Gasteiger partial charge is 0.216 e. The first kappa shape index (κ1) is 16.6. The van der Waals surface area contributed by atoms with Crippen molar-refractivity contribution in [2.45, 2.75) is 56.6 Å². The third-order valence-electron chi connectivity index (χ3n) is 5.10. The van der Waals surface area contributed by atoms with Gasteiger partial charge in [0.15, 0.2) is 0 Å². The van der Waals surface area contributed by atoms with Gasteiger partial charge in [-0.05, 0) is 38.0 Å². The van der Waals surface area contributed by atoms with E-state index in [2.05, 4.69) is 9.97 Å². The van der Waals surface area contributed by atoms with Crippen LogP contribution in [0.3, 0.4) is 0 Å². The number of rotatable bonds is 4. The van der Waals surface area contributed by atoms with Crippen molar-refractivity contribution in [2.24, 2.45) is 5.92 Å². The molecular weight excluding hydrogens is 312 g/mol. The summed E-state index contributed by atoms with van der Waals surface area (Å²) in [4.78, 5) is 8.36. The predicted octanol–water partition coefficient (Wildman–Crippen LogP) is 1.98. The SMILES string of the molecule is Nc1nccnc1CC1CCCN(S(=O)(=O)C2CCCCC2)C1. The zero-order chi connectivity index (χ0) is 16.3. The lowest BCUT2D eigenvalue weighted by atomic mass is 9.94. The fourth-order valence-corrected chi connectivity index (χ4v) is 5.96. The molecule has 0 spiro atoms. The number of nitrogen functional groups attached to an aromatic ring is 1. The van der Waals surface area contributed by atoms with E-state index in [1.165, 1.54) is 6.42 Å². The minimum atomic E-state index is -3.15. The largest absolute Gasteiger partial charge is 0.382 e. The number of piperidine rings is 1. The van der Waals surface area contributed by atoms with Crippen molar-refractivity contribution in [1.29, 1.82) is 0 Å². The molecule has 2 fully saturated rings. The van der Waals surface area contributed by atoms with Gasteiger partial charge in [-0.2, -0.15) is 0 Å². The van der Waals surface area contributed by atoms with Crippen LogP contribution in [0.1, 0.15) is 50.6 Å². The summed E-state index contributed by atoms with van der Waals surface area (Å²) in [6.07, 6.45) is 10.8. The summed E-state index contributed by atoms with van der Waals surface area (Å²) in [6.45, 7) is 1.25. The topological polar surface area (TPSA) is 89.2 Å². The molecule has 0 bridgehead atoms. The van der Waals surface area contributed by atoms with Crippen LogP contribution in [0.4, 0.5) is 5.82 Å². The highest BCUT2D eigenvalue weighted by Crippen LogP contribution is 2.30. The second-order valence-corrected chi connectivity index (χ2v) is 8.98. The number of hydrogen-bond donors (Lipinski definition) is 1. The molecule has 1 saturated carbocycles. The third-order valence-corrected chi connectivity index (χ3v) is 7.47. The van der Waals surface area contributed by atoms with Gasteiger partial charge in [0.1, 0.15) is 5.82 Å². The molecule has 1 aromatic rings.